The molecule has 1 aliphatic heterocycles. The van der Waals surface area contributed by atoms with Gasteiger partial charge in [0.2, 0.25) is 5.91 Å². The molecule has 3 heterocycles. The van der Waals surface area contributed by atoms with Gasteiger partial charge >= 0.3 is 0 Å². The number of hydrogen-bond acceptors (Lipinski definition) is 5. The monoisotopic (exact) mass is 318 g/mol. The number of amides is 1. The van der Waals surface area contributed by atoms with Crippen molar-refractivity contribution >= 4 is 5.91 Å². The first-order valence-electron chi connectivity index (χ1n) is 7.82. The standard InChI is InChI=1S/C15H22N6O2/c1-10-8-11(2)21(19-10)5-4-14(22)20-6-7-23-13(9-20)15-16-12(3)17-18-15/h8,13H,4-7,9H2,1-3H3,(H,16,17,18)/t13-/m1/s1. The average molecular weight is 318 g/mol. The van der Waals surface area contributed by atoms with Crippen molar-refractivity contribution in [2.75, 3.05) is 19.7 Å². The fourth-order valence-electron chi connectivity index (χ4n) is 2.80. The van der Waals surface area contributed by atoms with E-state index in [4.69, 9.17) is 4.74 Å². The van der Waals surface area contributed by atoms with Gasteiger partial charge in [0.25, 0.3) is 0 Å². The molecule has 2 aromatic heterocycles. The summed E-state index contributed by atoms with van der Waals surface area (Å²) in [6.45, 7) is 8.00. The summed E-state index contributed by atoms with van der Waals surface area (Å²) in [5, 5.41) is 11.3. The second-order valence-corrected chi connectivity index (χ2v) is 5.88. The first-order valence-corrected chi connectivity index (χ1v) is 7.82. The summed E-state index contributed by atoms with van der Waals surface area (Å²) >= 11 is 0. The third-order valence-corrected chi connectivity index (χ3v) is 3.96. The van der Waals surface area contributed by atoms with E-state index in [1.54, 1.807) is 0 Å². The van der Waals surface area contributed by atoms with E-state index >= 15 is 0 Å². The maximum absolute atomic E-state index is 12.5. The van der Waals surface area contributed by atoms with E-state index in [1.165, 1.54) is 0 Å². The largest absolute Gasteiger partial charge is 0.366 e. The van der Waals surface area contributed by atoms with E-state index in [1.807, 2.05) is 36.4 Å². The van der Waals surface area contributed by atoms with Gasteiger partial charge in [-0.15, -0.1) is 0 Å². The number of aryl methyl sites for hydroxylation is 4. The molecule has 1 atom stereocenters. The fraction of sp³-hybridized carbons (Fsp3) is 0.600. The summed E-state index contributed by atoms with van der Waals surface area (Å²) in [4.78, 5) is 18.6. The van der Waals surface area contributed by atoms with Crippen LogP contribution in [0.4, 0.5) is 0 Å². The van der Waals surface area contributed by atoms with Crippen LogP contribution in [0.2, 0.25) is 0 Å². The molecule has 0 radical (unpaired) electrons. The van der Waals surface area contributed by atoms with Crippen LogP contribution in [0.5, 0.6) is 0 Å². The van der Waals surface area contributed by atoms with E-state index in [-0.39, 0.29) is 12.0 Å². The highest BCUT2D eigenvalue weighted by molar-refractivity contribution is 5.76. The predicted octanol–water partition coefficient (Wildman–Crippen LogP) is 0.917. The molecule has 1 saturated heterocycles. The van der Waals surface area contributed by atoms with E-state index in [0.717, 1.165) is 17.2 Å². The first kappa shape index (κ1) is 15.7. The van der Waals surface area contributed by atoms with E-state index in [0.29, 0.717) is 38.5 Å². The number of nitrogens with zero attached hydrogens (tertiary/aromatic N) is 5. The molecular weight excluding hydrogens is 296 g/mol. The number of aromatic amines is 1. The van der Waals surface area contributed by atoms with Crippen LogP contribution < -0.4 is 0 Å². The van der Waals surface area contributed by atoms with Gasteiger partial charge in [-0.1, -0.05) is 0 Å². The molecule has 2 aromatic rings. The lowest BCUT2D eigenvalue weighted by Crippen LogP contribution is -2.42. The van der Waals surface area contributed by atoms with Crippen molar-refractivity contribution in [3.63, 3.8) is 0 Å². The number of nitrogens with one attached hydrogen (secondary N) is 1. The zero-order valence-electron chi connectivity index (χ0n) is 13.7. The molecular formula is C15H22N6O2. The zero-order chi connectivity index (χ0) is 16.4. The van der Waals surface area contributed by atoms with E-state index in [2.05, 4.69) is 20.3 Å². The van der Waals surface area contributed by atoms with Crippen LogP contribution >= 0.6 is 0 Å². The lowest BCUT2D eigenvalue weighted by molar-refractivity contribution is -0.139. The van der Waals surface area contributed by atoms with Gasteiger partial charge in [0.15, 0.2) is 5.82 Å². The quantitative estimate of drug-likeness (QED) is 0.905. The van der Waals surface area contributed by atoms with Crippen LogP contribution in [-0.2, 0) is 16.1 Å². The Kier molecular flexibility index (Phi) is 4.42. The van der Waals surface area contributed by atoms with E-state index < -0.39 is 0 Å². The average Bonchev–Trinajstić information content (AvgIpc) is 3.10. The summed E-state index contributed by atoms with van der Waals surface area (Å²) in [5.74, 6) is 1.47. The molecule has 124 valence electrons. The van der Waals surface area contributed by atoms with Crippen molar-refractivity contribution < 1.29 is 9.53 Å². The van der Waals surface area contributed by atoms with Gasteiger partial charge in [0.1, 0.15) is 11.9 Å². The topological polar surface area (TPSA) is 88.9 Å². The summed E-state index contributed by atoms with van der Waals surface area (Å²) in [6, 6.07) is 2.01. The Hall–Kier alpha value is -2.22. The number of ether oxygens (including phenoxy) is 1. The molecule has 0 bridgehead atoms. The molecule has 0 saturated carbocycles. The molecule has 8 heteroatoms. The molecule has 1 fully saturated rings. The predicted molar refractivity (Wildman–Crippen MR) is 82.7 cm³/mol. The molecule has 3 rings (SSSR count). The zero-order valence-corrected chi connectivity index (χ0v) is 13.7. The smallest absolute Gasteiger partial charge is 0.224 e. The Bertz CT molecular complexity index is 692. The summed E-state index contributed by atoms with van der Waals surface area (Å²) in [7, 11) is 0. The van der Waals surface area contributed by atoms with Crippen LogP contribution in [0.3, 0.4) is 0 Å². The highest BCUT2D eigenvalue weighted by Crippen LogP contribution is 2.19. The van der Waals surface area contributed by atoms with Crippen LogP contribution in [0.25, 0.3) is 0 Å². The molecule has 0 unspecified atom stereocenters. The molecule has 1 aliphatic rings. The van der Waals surface area contributed by atoms with Gasteiger partial charge in [0.05, 0.1) is 18.8 Å². The molecule has 23 heavy (non-hydrogen) atoms. The van der Waals surface area contributed by atoms with Crippen LogP contribution in [0.15, 0.2) is 6.07 Å². The second-order valence-electron chi connectivity index (χ2n) is 5.88. The molecule has 8 nitrogen and oxygen atoms in total. The number of morpholine rings is 1. The van der Waals surface area contributed by atoms with Gasteiger partial charge < -0.3 is 9.64 Å². The minimum atomic E-state index is -0.258. The Labute approximate surface area is 134 Å². The Morgan fingerprint density at radius 2 is 2.26 bits per heavy atom. The molecule has 1 N–H and O–H groups in total. The van der Waals surface area contributed by atoms with E-state index in [9.17, 15) is 4.79 Å². The highest BCUT2D eigenvalue weighted by Gasteiger charge is 2.27. The van der Waals surface area contributed by atoms with Gasteiger partial charge in [-0.05, 0) is 26.8 Å². The number of aromatic nitrogens is 5. The molecule has 0 aromatic carbocycles. The summed E-state index contributed by atoms with van der Waals surface area (Å²) < 4.78 is 7.57. The van der Waals surface area contributed by atoms with Crippen molar-refractivity contribution in [3.8, 4) is 0 Å². The van der Waals surface area contributed by atoms with Crippen LogP contribution in [0.1, 0.15) is 35.6 Å². The fourth-order valence-corrected chi connectivity index (χ4v) is 2.80. The van der Waals surface area contributed by atoms with Gasteiger partial charge in [0, 0.05) is 25.2 Å². The van der Waals surface area contributed by atoms with Crippen LogP contribution in [-0.4, -0.2) is 55.5 Å². The molecule has 0 aliphatic carbocycles. The Balaban J connectivity index is 1.57. The number of carbonyl (C=O) groups excluding carboxylic acids is 1. The van der Waals surface area contributed by atoms with Gasteiger partial charge in [-0.2, -0.15) is 10.2 Å². The summed E-state index contributed by atoms with van der Waals surface area (Å²) in [5.41, 5.74) is 2.05. The number of H-pyrrole nitrogens is 1. The number of rotatable bonds is 4. The normalized spacial score (nSPS) is 18.4. The number of carbonyl (C=O) groups is 1. The minimum Gasteiger partial charge on any atom is -0.366 e. The Morgan fingerprint density at radius 1 is 1.43 bits per heavy atom. The maximum atomic E-state index is 12.5. The van der Waals surface area contributed by atoms with Crippen molar-refractivity contribution in [1.29, 1.82) is 0 Å². The lowest BCUT2D eigenvalue weighted by atomic mass is 10.2. The Morgan fingerprint density at radius 3 is 2.91 bits per heavy atom. The maximum Gasteiger partial charge on any atom is 0.224 e. The third kappa shape index (κ3) is 3.58. The molecule has 1 amide bonds. The van der Waals surface area contributed by atoms with Crippen molar-refractivity contribution in [2.45, 2.75) is 39.8 Å². The van der Waals surface area contributed by atoms with Crippen LogP contribution in [0, 0.1) is 20.8 Å². The molecule has 0 spiro atoms. The summed E-state index contributed by atoms with van der Waals surface area (Å²) in [6.07, 6.45) is 0.174. The number of hydrogen-bond donors (Lipinski definition) is 1. The van der Waals surface area contributed by atoms with Crippen molar-refractivity contribution in [3.05, 3.63) is 29.1 Å². The lowest BCUT2D eigenvalue weighted by Gasteiger charge is -2.31. The van der Waals surface area contributed by atoms with Gasteiger partial charge in [-0.3, -0.25) is 14.6 Å². The van der Waals surface area contributed by atoms with Crippen molar-refractivity contribution in [2.24, 2.45) is 0 Å². The highest BCUT2D eigenvalue weighted by atomic mass is 16.5. The van der Waals surface area contributed by atoms with Gasteiger partial charge in [-0.25, -0.2) is 4.98 Å². The van der Waals surface area contributed by atoms with Crippen molar-refractivity contribution in [1.82, 2.24) is 29.9 Å². The second kappa shape index (κ2) is 6.49. The minimum absolute atomic E-state index is 0.109. The SMILES string of the molecule is Cc1cc(C)n(CCC(=O)N2CCO[C@@H](c3n[nH]c(C)n3)C2)n1. The third-order valence-electron chi connectivity index (χ3n) is 3.96. The first-order chi connectivity index (χ1) is 11.0.